The molecular weight excluding hydrogens is 435 g/mol. The molecule has 0 saturated heterocycles. The summed E-state index contributed by atoms with van der Waals surface area (Å²) in [5.41, 5.74) is 1.18. The molecule has 2 heterocycles. The van der Waals surface area contributed by atoms with Gasteiger partial charge in [0.25, 0.3) is 5.91 Å². The summed E-state index contributed by atoms with van der Waals surface area (Å²) in [6.45, 7) is 1.65. The fraction of sp³-hybridized carbons (Fsp3) is 0.0909. The van der Waals surface area contributed by atoms with E-state index < -0.39 is 21.7 Å². The van der Waals surface area contributed by atoms with Gasteiger partial charge in [-0.2, -0.15) is 5.10 Å². The van der Waals surface area contributed by atoms with Crippen LogP contribution in [0.5, 0.6) is 0 Å². The van der Waals surface area contributed by atoms with Crippen LogP contribution in [0.3, 0.4) is 0 Å². The number of furan rings is 1. The van der Waals surface area contributed by atoms with E-state index in [1.54, 1.807) is 43.3 Å². The quantitative estimate of drug-likeness (QED) is 0.443. The van der Waals surface area contributed by atoms with Crippen LogP contribution in [0.25, 0.3) is 5.69 Å². The number of hydrogen-bond donors (Lipinski definition) is 2. The zero-order valence-electron chi connectivity index (χ0n) is 16.9. The average Bonchev–Trinajstić information content (AvgIpc) is 3.43. The Morgan fingerprint density at radius 1 is 1.12 bits per heavy atom. The van der Waals surface area contributed by atoms with Crippen LogP contribution in [0, 0.1) is 12.7 Å². The van der Waals surface area contributed by atoms with Crippen LogP contribution in [0.15, 0.2) is 82.4 Å². The molecule has 0 saturated carbocycles. The van der Waals surface area contributed by atoms with Crippen LogP contribution in [0.2, 0.25) is 0 Å². The van der Waals surface area contributed by atoms with Crippen LogP contribution >= 0.6 is 0 Å². The Morgan fingerprint density at radius 3 is 2.69 bits per heavy atom. The summed E-state index contributed by atoms with van der Waals surface area (Å²) in [5.74, 6) is -0.492. The molecule has 10 heteroatoms. The molecule has 0 bridgehead atoms. The summed E-state index contributed by atoms with van der Waals surface area (Å²) in [4.78, 5) is 12.8. The van der Waals surface area contributed by atoms with Crippen molar-refractivity contribution in [2.45, 2.75) is 18.4 Å². The Morgan fingerprint density at radius 2 is 1.94 bits per heavy atom. The van der Waals surface area contributed by atoms with Gasteiger partial charge in [0, 0.05) is 5.69 Å². The van der Waals surface area contributed by atoms with Crippen molar-refractivity contribution < 1.29 is 22.0 Å². The van der Waals surface area contributed by atoms with E-state index in [1.807, 2.05) is 0 Å². The van der Waals surface area contributed by atoms with Crippen molar-refractivity contribution in [3.8, 4) is 5.69 Å². The molecule has 2 aromatic heterocycles. The van der Waals surface area contributed by atoms with E-state index in [0.29, 0.717) is 11.5 Å². The number of para-hydroxylation sites is 1. The van der Waals surface area contributed by atoms with Crippen LogP contribution in [-0.4, -0.2) is 24.1 Å². The maximum atomic E-state index is 14.1. The number of carbonyl (C=O) groups excluding carboxylic acids is 1. The summed E-state index contributed by atoms with van der Waals surface area (Å²) < 4.78 is 48.1. The SMILES string of the molecule is Cc1c(C(=O)Nc2cccc(S(=O)(=O)NCc3ccco3)c2)cnn1-c1ccccc1F. The number of hydrogen-bond acceptors (Lipinski definition) is 5. The first kappa shape index (κ1) is 21.5. The minimum Gasteiger partial charge on any atom is -0.468 e. The highest BCUT2D eigenvalue weighted by molar-refractivity contribution is 7.89. The third-order valence-electron chi connectivity index (χ3n) is 4.75. The van der Waals surface area contributed by atoms with E-state index in [2.05, 4.69) is 15.1 Å². The summed E-state index contributed by atoms with van der Waals surface area (Å²) >= 11 is 0. The van der Waals surface area contributed by atoms with Crippen LogP contribution < -0.4 is 10.0 Å². The van der Waals surface area contributed by atoms with Crippen molar-refractivity contribution in [3.63, 3.8) is 0 Å². The fourth-order valence-corrected chi connectivity index (χ4v) is 4.14. The molecule has 2 aromatic carbocycles. The summed E-state index contributed by atoms with van der Waals surface area (Å²) in [5, 5.41) is 6.78. The topological polar surface area (TPSA) is 106 Å². The van der Waals surface area contributed by atoms with Gasteiger partial charge in [0.2, 0.25) is 10.0 Å². The van der Waals surface area contributed by atoms with Gasteiger partial charge in [-0.15, -0.1) is 0 Å². The van der Waals surface area contributed by atoms with Crippen molar-refractivity contribution in [1.82, 2.24) is 14.5 Å². The van der Waals surface area contributed by atoms with Gasteiger partial charge in [0.15, 0.2) is 0 Å². The monoisotopic (exact) mass is 454 g/mol. The van der Waals surface area contributed by atoms with E-state index in [4.69, 9.17) is 4.42 Å². The van der Waals surface area contributed by atoms with E-state index in [0.717, 1.165) is 0 Å². The zero-order valence-corrected chi connectivity index (χ0v) is 17.8. The summed E-state index contributed by atoms with van der Waals surface area (Å²) in [6.07, 6.45) is 2.79. The van der Waals surface area contributed by atoms with Crippen molar-refractivity contribution >= 4 is 21.6 Å². The predicted octanol–water partition coefficient (Wildman–Crippen LogP) is 3.64. The maximum absolute atomic E-state index is 14.1. The molecule has 1 amide bonds. The Labute approximate surface area is 183 Å². The number of anilines is 1. The lowest BCUT2D eigenvalue weighted by Gasteiger charge is -2.09. The number of aromatic nitrogens is 2. The zero-order chi connectivity index (χ0) is 22.7. The van der Waals surface area contributed by atoms with Gasteiger partial charge < -0.3 is 9.73 Å². The number of carbonyl (C=O) groups is 1. The lowest BCUT2D eigenvalue weighted by Crippen LogP contribution is -2.23. The number of nitrogens with zero attached hydrogens (tertiary/aromatic N) is 2. The lowest BCUT2D eigenvalue weighted by molar-refractivity contribution is 0.102. The van der Waals surface area contributed by atoms with Gasteiger partial charge in [-0.3, -0.25) is 4.79 Å². The molecule has 4 aromatic rings. The molecule has 0 radical (unpaired) electrons. The molecule has 0 aliphatic carbocycles. The summed E-state index contributed by atoms with van der Waals surface area (Å²) in [7, 11) is -3.82. The number of benzene rings is 2. The van der Waals surface area contributed by atoms with E-state index >= 15 is 0 Å². The first-order chi connectivity index (χ1) is 15.3. The molecule has 164 valence electrons. The average molecular weight is 454 g/mol. The first-order valence-electron chi connectivity index (χ1n) is 9.58. The van der Waals surface area contributed by atoms with E-state index in [-0.39, 0.29) is 28.4 Å². The first-order valence-corrected chi connectivity index (χ1v) is 11.1. The smallest absolute Gasteiger partial charge is 0.259 e. The second kappa shape index (κ2) is 8.77. The minimum atomic E-state index is -3.82. The molecule has 0 fully saturated rings. The van der Waals surface area contributed by atoms with Crippen molar-refractivity contribution in [3.05, 3.63) is 96.0 Å². The number of nitrogens with one attached hydrogen (secondary N) is 2. The predicted molar refractivity (Wildman–Crippen MR) is 115 cm³/mol. The van der Waals surface area contributed by atoms with Gasteiger partial charge in [0.05, 0.1) is 35.2 Å². The van der Waals surface area contributed by atoms with Crippen LogP contribution in [-0.2, 0) is 16.6 Å². The Kier molecular flexibility index (Phi) is 5.89. The second-order valence-corrected chi connectivity index (χ2v) is 8.66. The van der Waals surface area contributed by atoms with Crippen LogP contribution in [0.1, 0.15) is 21.8 Å². The highest BCUT2D eigenvalue weighted by atomic mass is 32.2. The number of rotatable bonds is 7. The lowest BCUT2D eigenvalue weighted by atomic mass is 10.2. The third-order valence-corrected chi connectivity index (χ3v) is 6.15. The fourth-order valence-electron chi connectivity index (χ4n) is 3.10. The summed E-state index contributed by atoms with van der Waals surface area (Å²) in [6, 6.07) is 15.3. The molecule has 32 heavy (non-hydrogen) atoms. The van der Waals surface area contributed by atoms with E-state index in [9.17, 15) is 17.6 Å². The van der Waals surface area contributed by atoms with Crippen molar-refractivity contribution in [2.24, 2.45) is 0 Å². The largest absolute Gasteiger partial charge is 0.468 e. The third kappa shape index (κ3) is 4.46. The van der Waals surface area contributed by atoms with Crippen molar-refractivity contribution in [1.29, 1.82) is 0 Å². The molecule has 0 aliphatic heterocycles. The highest BCUT2D eigenvalue weighted by Crippen LogP contribution is 2.20. The molecule has 0 spiro atoms. The molecule has 0 unspecified atom stereocenters. The second-order valence-electron chi connectivity index (χ2n) is 6.89. The van der Waals surface area contributed by atoms with Gasteiger partial charge >= 0.3 is 0 Å². The van der Waals surface area contributed by atoms with Crippen LogP contribution in [0.4, 0.5) is 10.1 Å². The Bertz CT molecular complexity index is 1360. The molecule has 2 N–H and O–H groups in total. The van der Waals surface area contributed by atoms with E-state index in [1.165, 1.54) is 41.4 Å². The normalized spacial score (nSPS) is 11.4. The number of halogens is 1. The Hall–Kier alpha value is -3.76. The molecule has 0 aliphatic rings. The number of amides is 1. The Balaban J connectivity index is 1.52. The van der Waals surface area contributed by atoms with Gasteiger partial charge in [-0.1, -0.05) is 18.2 Å². The van der Waals surface area contributed by atoms with Gasteiger partial charge in [-0.25, -0.2) is 22.2 Å². The van der Waals surface area contributed by atoms with Gasteiger partial charge in [-0.05, 0) is 49.4 Å². The van der Waals surface area contributed by atoms with Gasteiger partial charge in [0.1, 0.15) is 17.3 Å². The molecular formula is C22H19FN4O4S. The standard InChI is InChI=1S/C22H19FN4O4S/c1-15-19(14-24-27(15)21-10-3-2-9-20(21)23)22(28)26-16-6-4-8-18(12-16)32(29,30)25-13-17-7-5-11-31-17/h2-12,14,25H,13H2,1H3,(H,26,28). The highest BCUT2D eigenvalue weighted by Gasteiger charge is 2.19. The number of sulfonamides is 1. The minimum absolute atomic E-state index is 0.000342. The molecule has 4 rings (SSSR count). The van der Waals surface area contributed by atoms with Crippen molar-refractivity contribution in [2.75, 3.05) is 5.32 Å². The molecule has 0 atom stereocenters. The maximum Gasteiger partial charge on any atom is 0.259 e. The molecule has 8 nitrogen and oxygen atoms in total.